The second kappa shape index (κ2) is 11.8. The molecule has 0 aliphatic carbocycles. The highest BCUT2D eigenvalue weighted by molar-refractivity contribution is 9.10. The molecule has 0 heterocycles. The Morgan fingerprint density at radius 1 is 1.06 bits per heavy atom. The third-order valence-electron chi connectivity index (χ3n) is 5.07. The minimum absolute atomic E-state index is 0.0281. The van der Waals surface area contributed by atoms with Gasteiger partial charge in [0, 0.05) is 5.69 Å². The quantitative estimate of drug-likeness (QED) is 0.331. The molecule has 0 saturated carbocycles. The summed E-state index contributed by atoms with van der Waals surface area (Å²) in [6.07, 6.45) is 0. The standard InChI is InChI=1S/C25H24BrClN2O6S/c1-4-35-25(31)20-13-17(7-11-22(20)27)28-24(30)15-29(18-8-5-16(2)6-9-18)36(32,33)19-10-12-23(34-3)21(26)14-19/h5-14H,4,15H2,1-3H3,(H,28,30). The van der Waals surface area contributed by atoms with Crippen LogP contribution >= 0.6 is 27.5 Å². The molecule has 0 unspecified atom stereocenters. The molecule has 0 saturated heterocycles. The Balaban J connectivity index is 1.94. The number of esters is 1. The van der Waals surface area contributed by atoms with Crippen molar-refractivity contribution in [2.45, 2.75) is 18.7 Å². The molecular weight excluding hydrogens is 572 g/mol. The molecule has 0 aliphatic rings. The number of methoxy groups -OCH3 is 1. The van der Waals surface area contributed by atoms with Crippen molar-refractivity contribution in [2.24, 2.45) is 0 Å². The second-order valence-electron chi connectivity index (χ2n) is 7.61. The Morgan fingerprint density at radius 2 is 1.75 bits per heavy atom. The lowest BCUT2D eigenvalue weighted by atomic mass is 10.2. The lowest BCUT2D eigenvalue weighted by Gasteiger charge is -2.24. The number of amides is 1. The maximum absolute atomic E-state index is 13.6. The van der Waals surface area contributed by atoms with E-state index in [1.54, 1.807) is 31.2 Å². The van der Waals surface area contributed by atoms with E-state index in [9.17, 15) is 18.0 Å². The zero-order valence-corrected chi connectivity index (χ0v) is 22.9. The zero-order valence-electron chi connectivity index (χ0n) is 19.7. The number of sulfonamides is 1. The highest BCUT2D eigenvalue weighted by atomic mass is 79.9. The van der Waals surface area contributed by atoms with E-state index in [0.717, 1.165) is 9.87 Å². The van der Waals surface area contributed by atoms with Crippen LogP contribution in [0.1, 0.15) is 22.8 Å². The van der Waals surface area contributed by atoms with Gasteiger partial charge in [0.15, 0.2) is 0 Å². The number of ether oxygens (including phenoxy) is 2. The predicted octanol–water partition coefficient (Wildman–Crippen LogP) is 5.43. The number of anilines is 2. The number of carbonyl (C=O) groups excluding carboxylic acids is 2. The predicted molar refractivity (Wildman–Crippen MR) is 142 cm³/mol. The summed E-state index contributed by atoms with van der Waals surface area (Å²) in [4.78, 5) is 25.1. The van der Waals surface area contributed by atoms with Gasteiger partial charge in [-0.3, -0.25) is 9.10 Å². The smallest absolute Gasteiger partial charge is 0.339 e. The van der Waals surface area contributed by atoms with E-state index in [2.05, 4.69) is 21.2 Å². The third-order valence-corrected chi connectivity index (χ3v) is 7.79. The molecule has 1 N–H and O–H groups in total. The largest absolute Gasteiger partial charge is 0.496 e. The highest BCUT2D eigenvalue weighted by Crippen LogP contribution is 2.31. The van der Waals surface area contributed by atoms with E-state index >= 15 is 0 Å². The lowest BCUT2D eigenvalue weighted by molar-refractivity contribution is -0.114. The normalized spacial score (nSPS) is 11.0. The van der Waals surface area contributed by atoms with Gasteiger partial charge in [0.2, 0.25) is 5.91 Å². The molecule has 3 aromatic rings. The Kier molecular flexibility index (Phi) is 8.99. The van der Waals surface area contributed by atoms with Crippen molar-refractivity contribution in [1.29, 1.82) is 0 Å². The maximum Gasteiger partial charge on any atom is 0.339 e. The monoisotopic (exact) mass is 594 g/mol. The minimum Gasteiger partial charge on any atom is -0.496 e. The summed E-state index contributed by atoms with van der Waals surface area (Å²) in [6.45, 7) is 3.18. The minimum atomic E-state index is -4.15. The fraction of sp³-hybridized carbons (Fsp3) is 0.200. The summed E-state index contributed by atoms with van der Waals surface area (Å²) in [7, 11) is -2.67. The van der Waals surface area contributed by atoms with Gasteiger partial charge in [-0.1, -0.05) is 29.3 Å². The Morgan fingerprint density at radius 3 is 2.36 bits per heavy atom. The summed E-state index contributed by atoms with van der Waals surface area (Å²) >= 11 is 9.40. The van der Waals surface area contributed by atoms with Gasteiger partial charge in [-0.25, -0.2) is 13.2 Å². The lowest BCUT2D eigenvalue weighted by Crippen LogP contribution is -2.38. The molecule has 0 aromatic heterocycles. The number of aryl methyl sites for hydroxylation is 1. The van der Waals surface area contributed by atoms with Crippen molar-refractivity contribution in [3.8, 4) is 5.75 Å². The molecule has 0 radical (unpaired) electrons. The zero-order chi connectivity index (χ0) is 26.5. The van der Waals surface area contributed by atoms with E-state index in [4.69, 9.17) is 21.1 Å². The maximum atomic E-state index is 13.6. The molecule has 0 bridgehead atoms. The summed E-state index contributed by atoms with van der Waals surface area (Å²) in [5.74, 6) is -0.787. The number of nitrogens with one attached hydrogen (secondary N) is 1. The Labute approximate surface area is 223 Å². The first-order valence-corrected chi connectivity index (χ1v) is 13.4. The highest BCUT2D eigenvalue weighted by Gasteiger charge is 2.28. The van der Waals surface area contributed by atoms with Crippen molar-refractivity contribution in [2.75, 3.05) is 29.9 Å². The molecule has 1 amide bonds. The van der Waals surface area contributed by atoms with E-state index in [-0.39, 0.29) is 27.8 Å². The van der Waals surface area contributed by atoms with Crippen molar-refractivity contribution < 1.29 is 27.5 Å². The van der Waals surface area contributed by atoms with Crippen LogP contribution < -0.4 is 14.4 Å². The fourth-order valence-corrected chi connectivity index (χ4v) is 5.59. The van der Waals surface area contributed by atoms with E-state index in [1.165, 1.54) is 43.5 Å². The molecule has 3 rings (SSSR count). The van der Waals surface area contributed by atoms with E-state index in [0.29, 0.717) is 15.9 Å². The molecule has 0 spiro atoms. The van der Waals surface area contributed by atoms with Crippen LogP contribution in [0.3, 0.4) is 0 Å². The molecule has 3 aromatic carbocycles. The van der Waals surface area contributed by atoms with Gasteiger partial charge >= 0.3 is 5.97 Å². The van der Waals surface area contributed by atoms with Crippen molar-refractivity contribution >= 4 is 60.8 Å². The molecule has 0 aliphatic heterocycles. The van der Waals surface area contributed by atoms with Crippen LogP contribution in [0.5, 0.6) is 5.75 Å². The van der Waals surface area contributed by atoms with E-state index in [1.807, 2.05) is 6.92 Å². The third kappa shape index (κ3) is 6.37. The summed E-state index contributed by atoms with van der Waals surface area (Å²) in [6, 6.07) is 15.4. The molecule has 11 heteroatoms. The number of nitrogens with zero attached hydrogens (tertiary/aromatic N) is 1. The number of hydrogen-bond donors (Lipinski definition) is 1. The summed E-state index contributed by atoms with van der Waals surface area (Å²) in [5.41, 5.74) is 1.59. The van der Waals surface area contributed by atoms with Crippen molar-refractivity contribution in [3.05, 3.63) is 81.3 Å². The summed E-state index contributed by atoms with van der Waals surface area (Å²) < 4.78 is 38.9. The SMILES string of the molecule is CCOC(=O)c1cc(NC(=O)CN(c2ccc(C)cc2)S(=O)(=O)c2ccc(OC)c(Br)c2)ccc1Cl. The van der Waals surface area contributed by atoms with Gasteiger partial charge in [-0.15, -0.1) is 0 Å². The van der Waals surface area contributed by atoms with Gasteiger partial charge in [-0.2, -0.15) is 0 Å². The van der Waals surface area contributed by atoms with Gasteiger partial charge in [0.1, 0.15) is 12.3 Å². The molecule has 0 atom stereocenters. The number of halogens is 2. The van der Waals surface area contributed by atoms with Crippen LogP contribution in [0, 0.1) is 6.92 Å². The van der Waals surface area contributed by atoms with Crippen LogP contribution in [0.15, 0.2) is 70.0 Å². The van der Waals surface area contributed by atoms with E-state index < -0.39 is 28.4 Å². The molecule has 0 fully saturated rings. The van der Waals surface area contributed by atoms with Gasteiger partial charge in [0.05, 0.1) is 39.4 Å². The number of benzene rings is 3. The fourth-order valence-electron chi connectivity index (χ4n) is 3.26. The molecule has 36 heavy (non-hydrogen) atoms. The van der Waals surface area contributed by atoms with Crippen molar-refractivity contribution in [3.63, 3.8) is 0 Å². The average molecular weight is 596 g/mol. The molecule has 190 valence electrons. The molecule has 8 nitrogen and oxygen atoms in total. The van der Waals surface area contributed by atoms with Crippen LogP contribution in [0.25, 0.3) is 0 Å². The topological polar surface area (TPSA) is 102 Å². The summed E-state index contributed by atoms with van der Waals surface area (Å²) in [5, 5.41) is 2.80. The number of hydrogen-bond acceptors (Lipinski definition) is 6. The Hall–Kier alpha value is -3.08. The van der Waals surface area contributed by atoms with Gasteiger partial charge in [-0.05, 0) is 78.3 Å². The Bertz CT molecular complexity index is 1380. The number of carbonyl (C=O) groups is 2. The first-order chi connectivity index (χ1) is 17.1. The average Bonchev–Trinajstić information content (AvgIpc) is 2.84. The van der Waals surface area contributed by atoms with Crippen LogP contribution in [0.2, 0.25) is 5.02 Å². The van der Waals surface area contributed by atoms with Crippen molar-refractivity contribution in [1.82, 2.24) is 0 Å². The first kappa shape index (κ1) is 27.5. The van der Waals surface area contributed by atoms with Crippen LogP contribution in [-0.4, -0.2) is 40.6 Å². The van der Waals surface area contributed by atoms with Gasteiger partial charge < -0.3 is 14.8 Å². The van der Waals surface area contributed by atoms with Crippen LogP contribution in [-0.2, 0) is 19.6 Å². The second-order valence-corrected chi connectivity index (χ2v) is 10.7. The first-order valence-electron chi connectivity index (χ1n) is 10.8. The molecular formula is C25H24BrClN2O6S. The van der Waals surface area contributed by atoms with Crippen LogP contribution in [0.4, 0.5) is 11.4 Å². The van der Waals surface area contributed by atoms with Gasteiger partial charge in [0.25, 0.3) is 10.0 Å². The number of rotatable bonds is 9.